The molecule has 2 unspecified atom stereocenters. The van der Waals surface area contributed by atoms with Gasteiger partial charge in [-0.3, -0.25) is 19.5 Å². The number of carbonyl (C=O) groups is 2. The number of rotatable bonds is 15. The Hall–Kier alpha value is -4.81. The first-order valence-electron chi connectivity index (χ1n) is 18.0. The standard InChI is InChI=1S/C15H15FN4O.C14H19ClF2N4O.C5H6F3NO.C5H12/c16-13-7-10(1-4-12(13)15(8-21)18-9-17)14-5-6-20(19-14)11-2-3-11;1-18-9-19-21(14(16)17)12-7-10(5-6-11(12)15)13(8-22-4)20(2)3;6-5(7,8)4(1-2-4)9-3-10;1-5(2,3)4/h1,4-9,11,15H,2-3H2,(H2,17,18);5-7,9,13-14H,1,8H2,2-4H3;3H,1-2H2,(H,9,10);1-4H3/b;19-9-;;. The molecule has 3 N–H and O–H groups in total. The molecule has 0 aliphatic heterocycles. The lowest BCUT2D eigenvalue weighted by Gasteiger charge is -2.26. The zero-order chi connectivity index (χ0) is 43.8. The van der Waals surface area contributed by atoms with Crippen LogP contribution in [0, 0.1) is 11.2 Å². The van der Waals surface area contributed by atoms with E-state index in [1.54, 1.807) is 42.8 Å². The SMILES string of the molecule is C=N/C=N\N(c1cc(C(COC)N(C)C)ccc1Cl)C(F)F.CC(C)(C)C.NC=NC(C=O)c1ccc(-c2ccn(C3CC3)n2)cc1F.O=CNC1(C(F)(F)F)CC1. The van der Waals surface area contributed by atoms with Gasteiger partial charge in [-0.25, -0.2) is 9.40 Å². The molecule has 2 aliphatic carbocycles. The van der Waals surface area contributed by atoms with Crippen LogP contribution in [0.15, 0.2) is 63.7 Å². The number of halogens is 7. The third-order valence-electron chi connectivity index (χ3n) is 8.14. The minimum absolute atomic E-state index is 0.00917. The fourth-order valence-electron chi connectivity index (χ4n) is 4.91. The number of aromatic nitrogens is 2. The average Bonchev–Trinajstić information content (AvgIpc) is 4.08. The van der Waals surface area contributed by atoms with E-state index in [0.29, 0.717) is 34.9 Å². The van der Waals surface area contributed by atoms with Crippen LogP contribution in [0.4, 0.5) is 32.0 Å². The first kappa shape index (κ1) is 49.3. The third-order valence-corrected chi connectivity index (χ3v) is 8.46. The molecule has 320 valence electrons. The number of benzene rings is 2. The summed E-state index contributed by atoms with van der Waals surface area (Å²) >= 11 is 6.04. The zero-order valence-corrected chi connectivity index (χ0v) is 34.3. The van der Waals surface area contributed by atoms with E-state index in [1.807, 2.05) is 35.9 Å². The molecule has 0 bridgehead atoms. The maximum Gasteiger partial charge on any atom is 0.411 e. The van der Waals surface area contributed by atoms with Crippen molar-refractivity contribution in [2.24, 2.45) is 26.2 Å². The Balaban J connectivity index is 0.000000298. The van der Waals surface area contributed by atoms with Gasteiger partial charge < -0.3 is 25.5 Å². The second-order valence-electron chi connectivity index (χ2n) is 15.1. The number of hydrogen-bond acceptors (Lipinski definition) is 8. The molecule has 1 amide bonds. The summed E-state index contributed by atoms with van der Waals surface area (Å²) in [7, 11) is 5.34. The van der Waals surface area contributed by atoms with E-state index in [2.05, 4.69) is 54.6 Å². The number of hydrazone groups is 1. The Labute approximate surface area is 340 Å². The van der Waals surface area contributed by atoms with Crippen molar-refractivity contribution in [3.05, 3.63) is 70.6 Å². The number of hydrogen-bond donors (Lipinski definition) is 2. The lowest BCUT2D eigenvalue weighted by atomic mass is 10.0. The highest BCUT2D eigenvalue weighted by Gasteiger charge is 2.63. The molecule has 58 heavy (non-hydrogen) atoms. The number of alkyl halides is 5. The number of ether oxygens (including phenoxy) is 1. The van der Waals surface area contributed by atoms with Gasteiger partial charge in [0.1, 0.15) is 30.0 Å². The lowest BCUT2D eigenvalue weighted by molar-refractivity contribution is -0.167. The topological polar surface area (TPSA) is 143 Å². The number of likely N-dealkylation sites (N-methyl/N-ethyl adjacent to an activating group) is 1. The van der Waals surface area contributed by atoms with Crippen LogP contribution >= 0.6 is 11.6 Å². The van der Waals surface area contributed by atoms with Crippen molar-refractivity contribution in [1.82, 2.24) is 20.0 Å². The number of aldehydes is 1. The van der Waals surface area contributed by atoms with Crippen molar-refractivity contribution in [2.75, 3.05) is 32.8 Å². The normalized spacial score (nSPS) is 15.7. The lowest BCUT2D eigenvalue weighted by Crippen LogP contribution is -2.44. The third kappa shape index (κ3) is 15.5. The van der Waals surface area contributed by atoms with Gasteiger partial charge in [0, 0.05) is 24.4 Å². The number of carbonyl (C=O) groups excluding carboxylic acids is 2. The Morgan fingerprint density at radius 3 is 2.17 bits per heavy atom. The molecule has 0 radical (unpaired) electrons. The molecule has 12 nitrogen and oxygen atoms in total. The molecule has 1 aromatic heterocycles. The van der Waals surface area contributed by atoms with Crippen molar-refractivity contribution in [1.29, 1.82) is 0 Å². The smallest absolute Gasteiger partial charge is 0.390 e. The molecule has 2 saturated carbocycles. The molecular formula is C39H52ClF6N9O3. The fourth-order valence-corrected chi connectivity index (χ4v) is 5.12. The maximum absolute atomic E-state index is 14.2. The maximum atomic E-state index is 14.2. The quantitative estimate of drug-likeness (QED) is 0.0391. The van der Waals surface area contributed by atoms with Gasteiger partial charge in [-0.05, 0) is 81.7 Å². The fraction of sp³-hybridized carbons (Fsp3) is 0.487. The average molecular weight is 844 g/mol. The molecule has 2 aromatic carbocycles. The van der Waals surface area contributed by atoms with Gasteiger partial charge in [0.05, 0.1) is 41.4 Å². The van der Waals surface area contributed by atoms with Gasteiger partial charge in [0.2, 0.25) is 6.41 Å². The second-order valence-corrected chi connectivity index (χ2v) is 15.5. The number of methoxy groups -OCH3 is 1. The number of nitrogens with zero attached hydrogens (tertiary/aromatic N) is 7. The number of nitrogens with two attached hydrogens (primary N) is 1. The highest BCUT2D eigenvalue weighted by atomic mass is 35.5. The van der Waals surface area contributed by atoms with Crippen LogP contribution in [0.25, 0.3) is 11.3 Å². The predicted octanol–water partition coefficient (Wildman–Crippen LogP) is 8.39. The Bertz CT molecular complexity index is 1820. The number of aliphatic imine (C=N–C) groups is 2. The van der Waals surface area contributed by atoms with Gasteiger partial charge >= 0.3 is 12.7 Å². The van der Waals surface area contributed by atoms with Crippen LogP contribution in [0.3, 0.4) is 0 Å². The molecule has 1 heterocycles. The van der Waals surface area contributed by atoms with Gasteiger partial charge in [0.25, 0.3) is 0 Å². The zero-order valence-electron chi connectivity index (χ0n) is 33.6. The largest absolute Gasteiger partial charge is 0.411 e. The summed E-state index contributed by atoms with van der Waals surface area (Å²) in [6, 6.07) is 10.9. The van der Waals surface area contributed by atoms with E-state index in [1.165, 1.54) is 6.07 Å². The van der Waals surface area contributed by atoms with Gasteiger partial charge in [0.15, 0.2) is 0 Å². The molecule has 0 spiro atoms. The van der Waals surface area contributed by atoms with E-state index in [9.17, 15) is 35.9 Å². The molecule has 2 aliphatic rings. The van der Waals surface area contributed by atoms with Crippen LogP contribution in [0.1, 0.15) is 82.6 Å². The van der Waals surface area contributed by atoms with Crippen molar-refractivity contribution < 1.29 is 40.7 Å². The van der Waals surface area contributed by atoms with E-state index in [-0.39, 0.29) is 41.6 Å². The molecule has 19 heteroatoms. The molecule has 3 aromatic rings. The minimum atomic E-state index is -4.28. The summed E-state index contributed by atoms with van der Waals surface area (Å²) < 4.78 is 83.2. The van der Waals surface area contributed by atoms with Crippen molar-refractivity contribution in [2.45, 2.75) is 89.8 Å². The van der Waals surface area contributed by atoms with Crippen molar-refractivity contribution in [3.63, 3.8) is 0 Å². The predicted molar refractivity (Wildman–Crippen MR) is 216 cm³/mol. The highest BCUT2D eigenvalue weighted by Crippen LogP contribution is 2.48. The molecule has 2 fully saturated rings. The van der Waals surface area contributed by atoms with Crippen LogP contribution in [0.5, 0.6) is 0 Å². The summed E-state index contributed by atoms with van der Waals surface area (Å²) in [5.74, 6) is -0.490. The van der Waals surface area contributed by atoms with E-state index in [0.717, 1.165) is 36.8 Å². The van der Waals surface area contributed by atoms with Crippen molar-refractivity contribution in [3.8, 4) is 11.3 Å². The van der Waals surface area contributed by atoms with Gasteiger partial charge in [-0.2, -0.15) is 32.2 Å². The van der Waals surface area contributed by atoms with Gasteiger partial charge in [-0.1, -0.05) is 57.5 Å². The first-order chi connectivity index (χ1) is 27.2. The van der Waals surface area contributed by atoms with E-state index < -0.39 is 30.1 Å². The van der Waals surface area contributed by atoms with E-state index >= 15 is 0 Å². The minimum Gasteiger partial charge on any atom is -0.390 e. The van der Waals surface area contributed by atoms with Crippen LogP contribution in [-0.4, -0.2) is 92.8 Å². The van der Waals surface area contributed by atoms with Crippen LogP contribution in [-0.2, 0) is 14.3 Å². The van der Waals surface area contributed by atoms with Gasteiger partial charge in [-0.15, -0.1) is 0 Å². The molecule has 0 saturated heterocycles. The monoisotopic (exact) mass is 843 g/mol. The summed E-state index contributed by atoms with van der Waals surface area (Å²) in [4.78, 5) is 29.6. The molecular weight excluding hydrogens is 792 g/mol. The molecule has 5 rings (SSSR count). The van der Waals surface area contributed by atoms with E-state index in [4.69, 9.17) is 22.1 Å². The number of anilines is 1. The summed E-state index contributed by atoms with van der Waals surface area (Å²) in [6.07, 6.45) is 2.53. The molecule has 2 atom stereocenters. The van der Waals surface area contributed by atoms with Crippen LogP contribution < -0.4 is 16.1 Å². The number of nitrogens with one attached hydrogen (secondary N) is 1. The second kappa shape index (κ2) is 22.4. The Morgan fingerprint density at radius 2 is 1.74 bits per heavy atom. The summed E-state index contributed by atoms with van der Waals surface area (Å²) in [5, 5.41) is 10.4. The summed E-state index contributed by atoms with van der Waals surface area (Å²) in [6.45, 7) is 9.49. The van der Waals surface area contributed by atoms with Crippen molar-refractivity contribution >= 4 is 49.4 Å². The van der Waals surface area contributed by atoms with Crippen LogP contribution in [0.2, 0.25) is 5.02 Å². The number of amides is 1. The highest BCUT2D eigenvalue weighted by molar-refractivity contribution is 6.33. The Kier molecular flexibility index (Phi) is 19.0. The Morgan fingerprint density at radius 1 is 1.10 bits per heavy atom. The first-order valence-corrected chi connectivity index (χ1v) is 18.4. The summed E-state index contributed by atoms with van der Waals surface area (Å²) in [5.41, 5.74) is 6.27.